The molecule has 3 aromatic carbocycles. The molecule has 0 unspecified atom stereocenters. The Bertz CT molecular complexity index is 1440. The fourth-order valence-corrected chi connectivity index (χ4v) is 5.08. The zero-order valence-electron chi connectivity index (χ0n) is 21.7. The quantitative estimate of drug-likeness (QED) is 0.272. The van der Waals surface area contributed by atoms with Crippen molar-refractivity contribution in [2.75, 3.05) is 6.54 Å². The minimum absolute atomic E-state index is 0.864. The molecule has 0 amide bonds. The maximum Gasteiger partial charge on any atom is 0.0704 e. The normalized spacial score (nSPS) is 13.2. The first kappa shape index (κ1) is 24.5. The van der Waals surface area contributed by atoms with E-state index in [1.807, 2.05) is 12.3 Å². The number of allylic oxidation sites excluding steroid dienone is 3. The molecule has 5 rings (SSSR count). The third-order valence-corrected chi connectivity index (χ3v) is 6.98. The van der Waals surface area contributed by atoms with Crippen LogP contribution in [-0.4, -0.2) is 11.5 Å². The number of nitrogens with one attached hydrogen (secondary N) is 1. The molecule has 0 saturated carbocycles. The van der Waals surface area contributed by atoms with E-state index in [0.29, 0.717) is 0 Å². The van der Waals surface area contributed by atoms with E-state index in [0.717, 1.165) is 31.5 Å². The number of aromatic nitrogens is 1. The molecule has 1 aliphatic heterocycles. The molecular formula is C35H34N2. The Kier molecular flexibility index (Phi) is 7.76. The number of dihydropyridines is 1. The minimum atomic E-state index is 0.864. The van der Waals surface area contributed by atoms with Crippen LogP contribution < -0.4 is 5.32 Å². The highest BCUT2D eigenvalue weighted by atomic mass is 14.9. The maximum absolute atomic E-state index is 4.59. The van der Waals surface area contributed by atoms with Crippen LogP contribution in [-0.2, 0) is 12.8 Å². The first-order valence-electron chi connectivity index (χ1n) is 13.2. The standard InChI is InChI=1S/C35H34N2/c1-3-31-28(16-11-17-32(31)34-18-9-10-22-36-34)14-7-8-15-29-19-20-30(27-12-5-4-6-13-27)25-33(29)35-24-26(2)21-23-37-35/h4-6,8-13,15-22,24-25,37H,3,7,14,23H2,1-2H3/b15-8+. The van der Waals surface area contributed by atoms with E-state index in [4.69, 9.17) is 0 Å². The summed E-state index contributed by atoms with van der Waals surface area (Å²) in [5, 5.41) is 3.58. The van der Waals surface area contributed by atoms with Crippen molar-refractivity contribution in [3.63, 3.8) is 0 Å². The topological polar surface area (TPSA) is 24.9 Å². The molecule has 1 aliphatic rings. The number of nitrogens with zero attached hydrogens (tertiary/aromatic N) is 1. The summed E-state index contributed by atoms with van der Waals surface area (Å²) in [6, 6.07) is 30.2. The zero-order valence-corrected chi connectivity index (χ0v) is 21.7. The summed E-state index contributed by atoms with van der Waals surface area (Å²) in [7, 11) is 0. The van der Waals surface area contributed by atoms with Gasteiger partial charge in [-0.25, -0.2) is 0 Å². The van der Waals surface area contributed by atoms with Crippen molar-refractivity contribution in [2.24, 2.45) is 0 Å². The molecule has 2 nitrogen and oxygen atoms in total. The van der Waals surface area contributed by atoms with Crippen LogP contribution in [0.5, 0.6) is 0 Å². The molecular weight excluding hydrogens is 448 g/mol. The van der Waals surface area contributed by atoms with Gasteiger partial charge in [0.05, 0.1) is 5.69 Å². The minimum Gasteiger partial charge on any atom is -0.381 e. The molecule has 0 radical (unpaired) electrons. The van der Waals surface area contributed by atoms with Crippen molar-refractivity contribution in [1.29, 1.82) is 0 Å². The predicted molar refractivity (Wildman–Crippen MR) is 158 cm³/mol. The highest BCUT2D eigenvalue weighted by Gasteiger charge is 2.12. The molecule has 0 saturated heterocycles. The lowest BCUT2D eigenvalue weighted by molar-refractivity contribution is 0.963. The smallest absolute Gasteiger partial charge is 0.0704 e. The molecule has 184 valence electrons. The Morgan fingerprint density at radius 1 is 0.865 bits per heavy atom. The Labute approximate surface area is 221 Å². The van der Waals surface area contributed by atoms with Gasteiger partial charge in [-0.05, 0) is 78.3 Å². The fourth-order valence-electron chi connectivity index (χ4n) is 5.08. The molecule has 1 N–H and O–H groups in total. The lowest BCUT2D eigenvalue weighted by Gasteiger charge is -2.18. The number of aryl methyl sites for hydroxylation is 1. The first-order chi connectivity index (χ1) is 18.2. The molecule has 0 bridgehead atoms. The van der Waals surface area contributed by atoms with Crippen LogP contribution in [0.25, 0.3) is 34.2 Å². The molecule has 0 atom stereocenters. The summed E-state index contributed by atoms with van der Waals surface area (Å²) in [5.74, 6) is 0. The summed E-state index contributed by atoms with van der Waals surface area (Å²) in [6.45, 7) is 5.27. The summed E-state index contributed by atoms with van der Waals surface area (Å²) in [5.41, 5.74) is 12.6. The monoisotopic (exact) mass is 482 g/mol. The largest absolute Gasteiger partial charge is 0.381 e. The third kappa shape index (κ3) is 5.81. The second-order valence-corrected chi connectivity index (χ2v) is 9.51. The van der Waals surface area contributed by atoms with Crippen molar-refractivity contribution < 1.29 is 0 Å². The van der Waals surface area contributed by atoms with Gasteiger partial charge in [0.2, 0.25) is 0 Å². The molecule has 0 fully saturated rings. The summed E-state index contributed by atoms with van der Waals surface area (Å²) >= 11 is 0. The van der Waals surface area contributed by atoms with E-state index in [1.54, 1.807) is 0 Å². The number of hydrogen-bond donors (Lipinski definition) is 1. The van der Waals surface area contributed by atoms with Crippen LogP contribution in [0.1, 0.15) is 42.5 Å². The molecule has 2 heterocycles. The Morgan fingerprint density at radius 3 is 2.51 bits per heavy atom. The van der Waals surface area contributed by atoms with Gasteiger partial charge in [0.1, 0.15) is 0 Å². The Balaban J connectivity index is 1.39. The predicted octanol–water partition coefficient (Wildman–Crippen LogP) is 8.51. The molecule has 2 heteroatoms. The number of benzene rings is 3. The van der Waals surface area contributed by atoms with E-state index in [9.17, 15) is 0 Å². The van der Waals surface area contributed by atoms with Crippen molar-refractivity contribution in [3.05, 3.63) is 137 Å². The highest BCUT2D eigenvalue weighted by Crippen LogP contribution is 2.29. The van der Waals surface area contributed by atoms with Gasteiger partial charge in [-0.15, -0.1) is 0 Å². The van der Waals surface area contributed by atoms with Crippen LogP contribution in [0, 0.1) is 0 Å². The number of hydrogen-bond acceptors (Lipinski definition) is 2. The molecule has 0 spiro atoms. The zero-order chi connectivity index (χ0) is 25.5. The van der Waals surface area contributed by atoms with Crippen molar-refractivity contribution in [3.8, 4) is 22.4 Å². The fraction of sp³-hybridized carbons (Fsp3) is 0.171. The molecule has 1 aromatic heterocycles. The molecule has 0 aliphatic carbocycles. The van der Waals surface area contributed by atoms with Crippen molar-refractivity contribution in [1.82, 2.24) is 10.3 Å². The SMILES string of the molecule is CCc1c(CC/C=C/c2ccc(-c3ccccc3)cc2C2=CC(C)=CCN2)cccc1-c1ccccn1. The lowest BCUT2D eigenvalue weighted by Crippen LogP contribution is -2.16. The molecule has 4 aromatic rings. The van der Waals surface area contributed by atoms with Gasteiger partial charge in [0, 0.05) is 29.6 Å². The summed E-state index contributed by atoms with van der Waals surface area (Å²) in [6.07, 6.45) is 14.0. The average Bonchev–Trinajstić information content (AvgIpc) is 2.96. The van der Waals surface area contributed by atoms with Crippen molar-refractivity contribution in [2.45, 2.75) is 33.1 Å². The van der Waals surface area contributed by atoms with Crippen LogP contribution in [0.15, 0.2) is 115 Å². The molecule has 37 heavy (non-hydrogen) atoms. The van der Waals surface area contributed by atoms with E-state index < -0.39 is 0 Å². The summed E-state index contributed by atoms with van der Waals surface area (Å²) in [4.78, 5) is 4.59. The van der Waals surface area contributed by atoms with Gasteiger partial charge in [-0.2, -0.15) is 0 Å². The lowest BCUT2D eigenvalue weighted by atomic mass is 9.93. The second-order valence-electron chi connectivity index (χ2n) is 9.51. The van der Waals surface area contributed by atoms with Gasteiger partial charge in [0.15, 0.2) is 0 Å². The van der Waals surface area contributed by atoms with E-state index >= 15 is 0 Å². The second kappa shape index (κ2) is 11.7. The highest BCUT2D eigenvalue weighted by molar-refractivity contribution is 5.80. The summed E-state index contributed by atoms with van der Waals surface area (Å²) < 4.78 is 0. The van der Waals surface area contributed by atoms with Crippen molar-refractivity contribution >= 4 is 11.8 Å². The van der Waals surface area contributed by atoms with E-state index in [1.165, 1.54) is 50.2 Å². The Hall–Kier alpha value is -4.17. The maximum atomic E-state index is 4.59. The van der Waals surface area contributed by atoms with Crippen LogP contribution in [0.4, 0.5) is 0 Å². The first-order valence-corrected chi connectivity index (χ1v) is 13.2. The number of pyridine rings is 1. The van der Waals surface area contributed by atoms with E-state index in [2.05, 4.69) is 127 Å². The average molecular weight is 483 g/mol. The van der Waals surface area contributed by atoms with Crippen LogP contribution >= 0.6 is 0 Å². The van der Waals surface area contributed by atoms with Crippen LogP contribution in [0.3, 0.4) is 0 Å². The van der Waals surface area contributed by atoms with Gasteiger partial charge in [-0.1, -0.05) is 97.5 Å². The third-order valence-electron chi connectivity index (χ3n) is 6.98. The van der Waals surface area contributed by atoms with Gasteiger partial charge in [0.25, 0.3) is 0 Å². The number of rotatable bonds is 8. The Morgan fingerprint density at radius 2 is 1.73 bits per heavy atom. The van der Waals surface area contributed by atoms with Crippen LogP contribution in [0.2, 0.25) is 0 Å². The van der Waals surface area contributed by atoms with Gasteiger partial charge >= 0.3 is 0 Å². The van der Waals surface area contributed by atoms with Gasteiger partial charge < -0.3 is 5.32 Å². The van der Waals surface area contributed by atoms with Gasteiger partial charge in [-0.3, -0.25) is 4.98 Å². The van der Waals surface area contributed by atoms with E-state index in [-0.39, 0.29) is 0 Å².